The fourth-order valence-corrected chi connectivity index (χ4v) is 5.44. The standard InChI is InChI=1S/C25H24Cl2FN3O2S/c1-15(18-4-3-5-23(25(18)27)33-16-6-8-30(2)9-7-16)32-17-10-24(34-13-17)31-14-29-21-11-19(26)20(28)12-22(21)31/h3-5,10-16H,6-9H2,1-2H3/t15-/m1/s1. The molecule has 34 heavy (non-hydrogen) atoms. The normalized spacial score (nSPS) is 16.1. The van der Waals surface area contributed by atoms with E-state index in [0.717, 1.165) is 36.5 Å². The molecular formula is C25H24Cl2FN3O2S. The number of halogens is 3. The SMILES string of the molecule is C[C@@H](Oc1csc(-n2cnc3cc(Cl)c(F)cc32)c1)c1cccc(OC2CCN(C)CC2)c1Cl. The highest BCUT2D eigenvalue weighted by molar-refractivity contribution is 7.12. The van der Waals surface area contributed by atoms with Crippen LogP contribution in [0.3, 0.4) is 0 Å². The lowest BCUT2D eigenvalue weighted by molar-refractivity contribution is 0.114. The van der Waals surface area contributed by atoms with Crippen LogP contribution in [-0.2, 0) is 0 Å². The molecule has 178 valence electrons. The summed E-state index contributed by atoms with van der Waals surface area (Å²) in [6, 6.07) is 10.6. The van der Waals surface area contributed by atoms with Crippen molar-refractivity contribution >= 4 is 45.6 Å². The van der Waals surface area contributed by atoms with E-state index in [1.54, 1.807) is 6.33 Å². The number of piperidine rings is 1. The van der Waals surface area contributed by atoms with Crippen LogP contribution in [-0.4, -0.2) is 40.7 Å². The Kier molecular flexibility index (Phi) is 6.71. The molecule has 1 fully saturated rings. The van der Waals surface area contributed by atoms with Crippen molar-refractivity contribution < 1.29 is 13.9 Å². The van der Waals surface area contributed by atoms with Crippen LogP contribution in [0.15, 0.2) is 48.1 Å². The molecule has 9 heteroatoms. The molecule has 0 saturated carbocycles. The number of benzene rings is 2. The third-order valence-corrected chi connectivity index (χ3v) is 7.69. The number of nitrogens with zero attached hydrogens (tertiary/aromatic N) is 3. The second-order valence-corrected chi connectivity index (χ2v) is 10.2. The van der Waals surface area contributed by atoms with Crippen molar-refractivity contribution in [3.05, 3.63) is 69.5 Å². The number of imidazole rings is 1. The van der Waals surface area contributed by atoms with Crippen molar-refractivity contribution in [2.45, 2.75) is 32.0 Å². The fourth-order valence-electron chi connectivity index (χ4n) is 4.16. The summed E-state index contributed by atoms with van der Waals surface area (Å²) in [7, 11) is 2.13. The van der Waals surface area contributed by atoms with Crippen LogP contribution in [0.25, 0.3) is 16.0 Å². The number of aromatic nitrogens is 2. The monoisotopic (exact) mass is 519 g/mol. The van der Waals surface area contributed by atoms with Gasteiger partial charge in [-0.15, -0.1) is 11.3 Å². The lowest BCUT2D eigenvalue weighted by atomic mass is 10.1. The first kappa shape index (κ1) is 23.4. The van der Waals surface area contributed by atoms with Gasteiger partial charge in [-0.05, 0) is 38.9 Å². The van der Waals surface area contributed by atoms with Gasteiger partial charge < -0.3 is 14.4 Å². The molecule has 5 nitrogen and oxygen atoms in total. The van der Waals surface area contributed by atoms with Gasteiger partial charge >= 0.3 is 0 Å². The molecule has 5 rings (SSSR count). The van der Waals surface area contributed by atoms with Gasteiger partial charge in [0, 0.05) is 36.2 Å². The molecule has 0 spiro atoms. The third-order valence-electron chi connectivity index (χ3n) is 6.09. The Morgan fingerprint density at radius 3 is 2.76 bits per heavy atom. The number of ether oxygens (including phenoxy) is 2. The quantitative estimate of drug-likeness (QED) is 0.271. The molecule has 0 aliphatic carbocycles. The van der Waals surface area contributed by atoms with E-state index in [-0.39, 0.29) is 17.2 Å². The first-order valence-electron chi connectivity index (χ1n) is 11.1. The van der Waals surface area contributed by atoms with Crippen molar-refractivity contribution in [1.29, 1.82) is 0 Å². The van der Waals surface area contributed by atoms with E-state index in [2.05, 4.69) is 16.9 Å². The van der Waals surface area contributed by atoms with Crippen molar-refractivity contribution in [3.63, 3.8) is 0 Å². The van der Waals surface area contributed by atoms with Gasteiger partial charge in [-0.1, -0.05) is 35.3 Å². The minimum absolute atomic E-state index is 0.0562. The lowest BCUT2D eigenvalue weighted by Gasteiger charge is -2.30. The predicted octanol–water partition coefficient (Wildman–Crippen LogP) is 7.15. The smallest absolute Gasteiger partial charge is 0.144 e. The van der Waals surface area contributed by atoms with E-state index in [1.165, 1.54) is 23.5 Å². The van der Waals surface area contributed by atoms with Gasteiger partial charge in [0.2, 0.25) is 0 Å². The van der Waals surface area contributed by atoms with E-state index < -0.39 is 5.82 Å². The van der Waals surface area contributed by atoms with Crippen molar-refractivity contribution in [2.75, 3.05) is 20.1 Å². The van der Waals surface area contributed by atoms with Gasteiger partial charge in [0.05, 0.1) is 21.1 Å². The molecular weight excluding hydrogens is 496 g/mol. The maximum Gasteiger partial charge on any atom is 0.144 e. The molecule has 2 aromatic heterocycles. The van der Waals surface area contributed by atoms with Crippen LogP contribution in [0.1, 0.15) is 31.4 Å². The zero-order valence-electron chi connectivity index (χ0n) is 18.8. The van der Waals surface area contributed by atoms with E-state index in [1.807, 2.05) is 41.1 Å². The maximum atomic E-state index is 14.0. The molecule has 0 N–H and O–H groups in total. The molecule has 0 amide bonds. The first-order valence-corrected chi connectivity index (χ1v) is 12.7. The maximum absolute atomic E-state index is 14.0. The Morgan fingerprint density at radius 2 is 1.97 bits per heavy atom. The summed E-state index contributed by atoms with van der Waals surface area (Å²) < 4.78 is 28.3. The van der Waals surface area contributed by atoms with Crippen LogP contribution >= 0.6 is 34.5 Å². The summed E-state index contributed by atoms with van der Waals surface area (Å²) in [6.45, 7) is 4.00. The van der Waals surface area contributed by atoms with E-state index in [0.29, 0.717) is 27.6 Å². The molecule has 1 aliphatic rings. The minimum Gasteiger partial charge on any atom is -0.489 e. The van der Waals surface area contributed by atoms with Gasteiger partial charge in [0.15, 0.2) is 0 Å². The Bertz CT molecular complexity index is 1320. The predicted molar refractivity (Wildman–Crippen MR) is 136 cm³/mol. The molecule has 4 aromatic rings. The van der Waals surface area contributed by atoms with E-state index in [4.69, 9.17) is 32.7 Å². The van der Waals surface area contributed by atoms with Crippen LogP contribution in [0.4, 0.5) is 4.39 Å². The summed E-state index contributed by atoms with van der Waals surface area (Å²) >= 11 is 14.1. The van der Waals surface area contributed by atoms with Crippen molar-refractivity contribution in [2.24, 2.45) is 0 Å². The van der Waals surface area contributed by atoms with Gasteiger partial charge in [0.1, 0.15) is 40.9 Å². The molecule has 0 unspecified atom stereocenters. The molecule has 1 aliphatic heterocycles. The Labute approximate surface area is 211 Å². The number of thiophene rings is 1. The number of rotatable bonds is 6. The Balaban J connectivity index is 1.32. The largest absolute Gasteiger partial charge is 0.489 e. The summed E-state index contributed by atoms with van der Waals surface area (Å²) in [5.41, 5.74) is 2.14. The van der Waals surface area contributed by atoms with Crippen molar-refractivity contribution in [3.8, 4) is 16.5 Å². The van der Waals surface area contributed by atoms with Gasteiger partial charge in [-0.25, -0.2) is 9.37 Å². The van der Waals surface area contributed by atoms with Gasteiger partial charge in [0.25, 0.3) is 0 Å². The average Bonchev–Trinajstić information content (AvgIpc) is 3.43. The summed E-state index contributed by atoms with van der Waals surface area (Å²) in [4.78, 5) is 6.64. The lowest BCUT2D eigenvalue weighted by Crippen LogP contribution is -2.35. The highest BCUT2D eigenvalue weighted by Crippen LogP contribution is 2.37. The van der Waals surface area contributed by atoms with E-state index >= 15 is 0 Å². The van der Waals surface area contributed by atoms with Gasteiger partial charge in [-0.2, -0.15) is 0 Å². The summed E-state index contributed by atoms with van der Waals surface area (Å²) in [5, 5.41) is 3.41. The topological polar surface area (TPSA) is 39.5 Å². The Hall–Kier alpha value is -2.32. The van der Waals surface area contributed by atoms with Crippen LogP contribution in [0, 0.1) is 5.82 Å². The van der Waals surface area contributed by atoms with Crippen LogP contribution < -0.4 is 9.47 Å². The van der Waals surface area contributed by atoms with Gasteiger partial charge in [-0.3, -0.25) is 4.57 Å². The average molecular weight is 520 g/mol. The number of likely N-dealkylation sites (tertiary alicyclic amines) is 1. The number of hydrogen-bond acceptors (Lipinski definition) is 5. The molecule has 1 atom stereocenters. The zero-order valence-corrected chi connectivity index (χ0v) is 21.1. The van der Waals surface area contributed by atoms with Crippen molar-refractivity contribution in [1.82, 2.24) is 14.5 Å². The molecule has 0 bridgehead atoms. The summed E-state index contributed by atoms with van der Waals surface area (Å²) in [5.74, 6) is 0.914. The number of hydrogen-bond donors (Lipinski definition) is 0. The summed E-state index contributed by atoms with van der Waals surface area (Å²) in [6.07, 6.45) is 3.51. The third kappa shape index (κ3) is 4.75. The van der Waals surface area contributed by atoms with Crippen LogP contribution in [0.2, 0.25) is 10.0 Å². The molecule has 1 saturated heterocycles. The highest BCUT2D eigenvalue weighted by Gasteiger charge is 2.21. The second kappa shape index (κ2) is 9.74. The molecule has 2 aromatic carbocycles. The first-order chi connectivity index (χ1) is 16.4. The van der Waals surface area contributed by atoms with E-state index in [9.17, 15) is 4.39 Å². The Morgan fingerprint density at radius 1 is 1.18 bits per heavy atom. The molecule has 0 radical (unpaired) electrons. The number of fused-ring (bicyclic) bond motifs is 1. The van der Waals surface area contributed by atoms with Crippen LogP contribution in [0.5, 0.6) is 11.5 Å². The minimum atomic E-state index is -0.477. The highest BCUT2D eigenvalue weighted by atomic mass is 35.5. The zero-order chi connectivity index (χ0) is 23.8. The molecule has 3 heterocycles. The fraction of sp³-hybridized carbons (Fsp3) is 0.320. The second-order valence-electron chi connectivity index (χ2n) is 8.53.